The van der Waals surface area contributed by atoms with E-state index in [-0.39, 0.29) is 30.0 Å². The minimum absolute atomic E-state index is 0.184. The Morgan fingerprint density at radius 3 is 2.33 bits per heavy atom. The molecule has 1 aromatic carbocycles. The van der Waals surface area contributed by atoms with Gasteiger partial charge in [-0.3, -0.25) is 9.59 Å². The molecule has 1 aromatic rings. The molecule has 1 fully saturated rings. The molecule has 130 valence electrons. The molecule has 0 aromatic heterocycles. The van der Waals surface area contributed by atoms with Gasteiger partial charge in [0.15, 0.2) is 6.61 Å². The van der Waals surface area contributed by atoms with Gasteiger partial charge in [0.25, 0.3) is 5.91 Å². The number of carbonyl (C=O) groups excluding carboxylic acids is 3. The van der Waals surface area contributed by atoms with E-state index < -0.39 is 11.8 Å². The first kappa shape index (κ1) is 17.9. The van der Waals surface area contributed by atoms with Gasteiger partial charge in [0.2, 0.25) is 0 Å². The number of carbonyl (C=O) groups is 3. The lowest BCUT2D eigenvalue weighted by Gasteiger charge is -2.30. The van der Waals surface area contributed by atoms with Gasteiger partial charge in [-0.1, -0.05) is 0 Å². The monoisotopic (exact) mass is 337 g/mol. The normalized spacial score (nSPS) is 15.0. The zero-order valence-corrected chi connectivity index (χ0v) is 13.5. The molecule has 1 saturated heterocycles. The highest BCUT2D eigenvalue weighted by atomic mass is 19.1. The number of hydrogen-bond donors (Lipinski definition) is 0. The average Bonchev–Trinajstić information content (AvgIpc) is 2.60. The van der Waals surface area contributed by atoms with E-state index >= 15 is 0 Å². The Hall–Kier alpha value is -2.44. The molecule has 2 rings (SSSR count). The largest absolute Gasteiger partial charge is 0.466 e. The molecule has 1 aliphatic rings. The quantitative estimate of drug-likeness (QED) is 0.766. The molecule has 1 aliphatic heterocycles. The van der Waals surface area contributed by atoms with Crippen molar-refractivity contribution in [3.63, 3.8) is 0 Å². The number of halogens is 1. The highest BCUT2D eigenvalue weighted by Gasteiger charge is 2.28. The number of piperidine rings is 1. The van der Waals surface area contributed by atoms with Gasteiger partial charge in [-0.05, 0) is 44.0 Å². The van der Waals surface area contributed by atoms with E-state index in [1.807, 2.05) is 0 Å². The van der Waals surface area contributed by atoms with Crippen LogP contribution in [0, 0.1) is 11.7 Å². The van der Waals surface area contributed by atoms with Crippen LogP contribution in [-0.2, 0) is 19.1 Å². The topological polar surface area (TPSA) is 72.9 Å². The summed E-state index contributed by atoms with van der Waals surface area (Å²) in [6, 6.07) is 4.90. The number of esters is 2. The van der Waals surface area contributed by atoms with E-state index in [4.69, 9.17) is 9.47 Å². The summed E-state index contributed by atoms with van der Waals surface area (Å²) in [4.78, 5) is 37.1. The van der Waals surface area contributed by atoms with Gasteiger partial charge >= 0.3 is 11.9 Å². The molecule has 0 saturated carbocycles. The van der Waals surface area contributed by atoms with Crippen molar-refractivity contribution in [3.05, 3.63) is 35.6 Å². The van der Waals surface area contributed by atoms with Crippen molar-refractivity contribution < 1.29 is 28.2 Å². The molecule has 0 spiro atoms. The van der Waals surface area contributed by atoms with Crippen molar-refractivity contribution in [1.82, 2.24) is 4.90 Å². The third-order valence-electron chi connectivity index (χ3n) is 3.87. The van der Waals surface area contributed by atoms with Crippen LogP contribution in [0.5, 0.6) is 0 Å². The number of amides is 1. The Morgan fingerprint density at radius 2 is 1.75 bits per heavy atom. The molecular weight excluding hydrogens is 317 g/mol. The van der Waals surface area contributed by atoms with Crippen LogP contribution >= 0.6 is 0 Å². The van der Waals surface area contributed by atoms with Crippen LogP contribution in [-0.4, -0.2) is 49.0 Å². The predicted molar refractivity (Wildman–Crippen MR) is 82.6 cm³/mol. The molecule has 0 radical (unpaired) electrons. The predicted octanol–water partition coefficient (Wildman–Crippen LogP) is 1.78. The highest BCUT2D eigenvalue weighted by Crippen LogP contribution is 2.18. The Balaban J connectivity index is 1.76. The first-order valence-electron chi connectivity index (χ1n) is 7.88. The zero-order chi connectivity index (χ0) is 17.5. The van der Waals surface area contributed by atoms with Gasteiger partial charge in [-0.2, -0.15) is 0 Å². The second kappa shape index (κ2) is 8.42. The average molecular weight is 337 g/mol. The van der Waals surface area contributed by atoms with Gasteiger partial charge < -0.3 is 14.4 Å². The van der Waals surface area contributed by atoms with Crippen LogP contribution in [0.1, 0.15) is 30.1 Å². The molecular formula is C17H20FNO5. The fourth-order valence-electron chi connectivity index (χ4n) is 2.51. The molecule has 0 N–H and O–H groups in total. The molecule has 24 heavy (non-hydrogen) atoms. The lowest BCUT2D eigenvalue weighted by molar-refractivity contribution is -0.151. The van der Waals surface area contributed by atoms with Crippen molar-refractivity contribution in [2.24, 2.45) is 5.92 Å². The lowest BCUT2D eigenvalue weighted by Crippen LogP contribution is -2.42. The smallest absolute Gasteiger partial charge is 0.338 e. The standard InChI is InChI=1S/C17H20FNO5/c1-2-23-16(21)13-7-9-19(10-8-13)15(20)11-24-17(22)12-3-5-14(18)6-4-12/h3-6,13H,2,7-11H2,1H3. The number of rotatable bonds is 5. The number of benzene rings is 1. The second-order valence-electron chi connectivity index (χ2n) is 5.49. The fourth-order valence-corrected chi connectivity index (χ4v) is 2.51. The molecule has 0 atom stereocenters. The molecule has 0 bridgehead atoms. The first-order chi connectivity index (χ1) is 11.5. The Kier molecular flexibility index (Phi) is 6.28. The van der Waals surface area contributed by atoms with Gasteiger partial charge in [0, 0.05) is 13.1 Å². The first-order valence-corrected chi connectivity index (χ1v) is 7.88. The van der Waals surface area contributed by atoms with Crippen molar-refractivity contribution in [3.8, 4) is 0 Å². The number of ether oxygens (including phenoxy) is 2. The summed E-state index contributed by atoms with van der Waals surface area (Å²) in [6.07, 6.45) is 1.08. The van der Waals surface area contributed by atoms with Crippen molar-refractivity contribution in [2.75, 3.05) is 26.3 Å². The summed E-state index contributed by atoms with van der Waals surface area (Å²) in [5, 5.41) is 0. The van der Waals surface area contributed by atoms with Gasteiger partial charge in [-0.25, -0.2) is 9.18 Å². The van der Waals surface area contributed by atoms with E-state index in [0.717, 1.165) is 12.1 Å². The van der Waals surface area contributed by atoms with E-state index in [1.54, 1.807) is 11.8 Å². The lowest BCUT2D eigenvalue weighted by atomic mass is 9.97. The summed E-state index contributed by atoms with van der Waals surface area (Å²) >= 11 is 0. The zero-order valence-electron chi connectivity index (χ0n) is 13.5. The Bertz CT molecular complexity index is 594. The van der Waals surface area contributed by atoms with Gasteiger partial charge in [0.05, 0.1) is 18.1 Å². The van der Waals surface area contributed by atoms with Gasteiger partial charge in [0.1, 0.15) is 5.82 Å². The number of hydrogen-bond acceptors (Lipinski definition) is 5. The molecule has 6 nitrogen and oxygen atoms in total. The van der Waals surface area contributed by atoms with Crippen molar-refractivity contribution in [1.29, 1.82) is 0 Å². The summed E-state index contributed by atoms with van der Waals surface area (Å²) in [7, 11) is 0. The van der Waals surface area contributed by atoms with Crippen molar-refractivity contribution >= 4 is 17.8 Å². The van der Waals surface area contributed by atoms with E-state index in [1.165, 1.54) is 12.1 Å². The van der Waals surface area contributed by atoms with E-state index in [2.05, 4.69) is 0 Å². The van der Waals surface area contributed by atoms with Crippen molar-refractivity contribution in [2.45, 2.75) is 19.8 Å². The number of nitrogens with zero attached hydrogens (tertiary/aromatic N) is 1. The molecule has 7 heteroatoms. The SMILES string of the molecule is CCOC(=O)C1CCN(C(=O)COC(=O)c2ccc(F)cc2)CC1. The minimum atomic E-state index is -0.676. The van der Waals surface area contributed by atoms with E-state index in [0.29, 0.717) is 32.5 Å². The van der Waals surface area contributed by atoms with Gasteiger partial charge in [-0.15, -0.1) is 0 Å². The van der Waals surface area contributed by atoms with E-state index in [9.17, 15) is 18.8 Å². The summed E-state index contributed by atoms with van der Waals surface area (Å²) in [6.45, 7) is 2.58. The summed E-state index contributed by atoms with van der Waals surface area (Å²) in [5.74, 6) is -1.85. The van der Waals surface area contributed by atoms with Crippen LogP contribution in [0.2, 0.25) is 0 Å². The maximum Gasteiger partial charge on any atom is 0.338 e. The third kappa shape index (κ3) is 4.78. The van der Waals surface area contributed by atoms with Crippen LogP contribution < -0.4 is 0 Å². The third-order valence-corrected chi connectivity index (χ3v) is 3.87. The maximum absolute atomic E-state index is 12.8. The molecule has 0 unspecified atom stereocenters. The summed E-state index contributed by atoms with van der Waals surface area (Å²) in [5.41, 5.74) is 0.185. The maximum atomic E-state index is 12.8. The highest BCUT2D eigenvalue weighted by molar-refractivity contribution is 5.91. The second-order valence-corrected chi connectivity index (χ2v) is 5.49. The Morgan fingerprint density at radius 1 is 1.12 bits per heavy atom. The molecule has 1 amide bonds. The summed E-state index contributed by atoms with van der Waals surface area (Å²) < 4.78 is 22.7. The van der Waals surface area contributed by atoms with Crippen LogP contribution in [0.15, 0.2) is 24.3 Å². The van der Waals surface area contributed by atoms with Crippen LogP contribution in [0.4, 0.5) is 4.39 Å². The fraction of sp³-hybridized carbons (Fsp3) is 0.471. The van der Waals surface area contributed by atoms with Crippen LogP contribution in [0.25, 0.3) is 0 Å². The number of likely N-dealkylation sites (tertiary alicyclic amines) is 1. The minimum Gasteiger partial charge on any atom is -0.466 e. The molecule has 1 heterocycles. The van der Waals surface area contributed by atoms with Crippen LogP contribution in [0.3, 0.4) is 0 Å². The molecule has 0 aliphatic carbocycles. The Labute approximate surface area is 139 Å².